The van der Waals surface area contributed by atoms with Gasteiger partial charge in [0.2, 0.25) is 5.91 Å². The van der Waals surface area contributed by atoms with Crippen LogP contribution in [0, 0.1) is 0 Å². The lowest BCUT2D eigenvalue weighted by molar-refractivity contribution is -0.120. The number of rotatable bonds is 6. The summed E-state index contributed by atoms with van der Waals surface area (Å²) >= 11 is 0. The van der Waals surface area contributed by atoms with Gasteiger partial charge in [0, 0.05) is 17.6 Å². The number of halogens is 2. The van der Waals surface area contributed by atoms with Crippen molar-refractivity contribution in [3.63, 3.8) is 0 Å². The van der Waals surface area contributed by atoms with Crippen LogP contribution >= 0.6 is 0 Å². The molecule has 0 atom stereocenters. The molecule has 1 aromatic carbocycles. The number of amides is 1. The van der Waals surface area contributed by atoms with Gasteiger partial charge in [0.05, 0.1) is 6.54 Å². The van der Waals surface area contributed by atoms with Crippen LogP contribution in [0.25, 0.3) is 0 Å². The Morgan fingerprint density at radius 2 is 1.95 bits per heavy atom. The van der Waals surface area contributed by atoms with Gasteiger partial charge in [0.1, 0.15) is 5.75 Å². The van der Waals surface area contributed by atoms with E-state index in [0.29, 0.717) is 5.56 Å². The Labute approximate surface area is 117 Å². The van der Waals surface area contributed by atoms with Crippen LogP contribution in [0.15, 0.2) is 24.3 Å². The Bertz CT molecular complexity index is 445. The van der Waals surface area contributed by atoms with Gasteiger partial charge in [0.15, 0.2) is 0 Å². The molecule has 0 unspecified atom stereocenters. The zero-order valence-corrected chi connectivity index (χ0v) is 11.9. The first-order valence-electron chi connectivity index (χ1n) is 6.32. The van der Waals surface area contributed by atoms with Crippen molar-refractivity contribution in [2.45, 2.75) is 39.5 Å². The second kappa shape index (κ2) is 7.19. The van der Waals surface area contributed by atoms with Crippen LogP contribution in [0.5, 0.6) is 5.75 Å². The predicted octanol–water partition coefficient (Wildman–Crippen LogP) is 2.29. The maximum Gasteiger partial charge on any atom is 0.387 e. The molecular weight excluding hydrogens is 266 g/mol. The third-order valence-electron chi connectivity index (χ3n) is 2.44. The molecule has 20 heavy (non-hydrogen) atoms. The fourth-order valence-corrected chi connectivity index (χ4v) is 1.46. The van der Waals surface area contributed by atoms with E-state index in [1.54, 1.807) is 18.2 Å². The number of hydrogen-bond acceptors (Lipinski definition) is 3. The molecule has 0 spiro atoms. The standard InChI is InChI=1S/C14H20F2N2O2/c1-14(2,3)18-9-12(19)17-8-10-6-4-5-7-11(10)20-13(15)16/h4-7,13,18H,8-9H2,1-3H3,(H,17,19). The molecule has 0 saturated heterocycles. The van der Waals surface area contributed by atoms with Crippen LogP contribution in [0.3, 0.4) is 0 Å². The van der Waals surface area contributed by atoms with Gasteiger partial charge in [-0.15, -0.1) is 0 Å². The van der Waals surface area contributed by atoms with Gasteiger partial charge in [-0.1, -0.05) is 18.2 Å². The Morgan fingerprint density at radius 1 is 1.30 bits per heavy atom. The van der Waals surface area contributed by atoms with E-state index in [-0.39, 0.29) is 30.3 Å². The molecule has 1 rings (SSSR count). The third kappa shape index (κ3) is 6.47. The molecule has 0 aliphatic carbocycles. The summed E-state index contributed by atoms with van der Waals surface area (Å²) in [5.74, 6) is -0.127. The number of nitrogens with one attached hydrogen (secondary N) is 2. The molecule has 112 valence electrons. The van der Waals surface area contributed by atoms with Gasteiger partial charge in [-0.25, -0.2) is 0 Å². The highest BCUT2D eigenvalue weighted by Crippen LogP contribution is 2.19. The average molecular weight is 286 g/mol. The van der Waals surface area contributed by atoms with Crippen molar-refractivity contribution >= 4 is 5.91 Å². The minimum atomic E-state index is -2.88. The normalized spacial score (nSPS) is 11.5. The van der Waals surface area contributed by atoms with Crippen molar-refractivity contribution in [3.05, 3.63) is 29.8 Å². The van der Waals surface area contributed by atoms with Gasteiger partial charge < -0.3 is 15.4 Å². The van der Waals surface area contributed by atoms with Crippen LogP contribution in [0.1, 0.15) is 26.3 Å². The number of carbonyl (C=O) groups excluding carboxylic acids is 1. The number of hydrogen-bond donors (Lipinski definition) is 2. The first kappa shape index (κ1) is 16.4. The lowest BCUT2D eigenvalue weighted by Gasteiger charge is -2.20. The van der Waals surface area contributed by atoms with Crippen LogP contribution in [0.4, 0.5) is 8.78 Å². The largest absolute Gasteiger partial charge is 0.434 e. The zero-order chi connectivity index (χ0) is 15.2. The molecule has 0 aromatic heterocycles. The summed E-state index contributed by atoms with van der Waals surface area (Å²) < 4.78 is 28.9. The van der Waals surface area contributed by atoms with Crippen LogP contribution in [0.2, 0.25) is 0 Å². The topological polar surface area (TPSA) is 50.4 Å². The van der Waals surface area contributed by atoms with E-state index in [1.165, 1.54) is 6.07 Å². The highest BCUT2D eigenvalue weighted by molar-refractivity contribution is 5.78. The fraction of sp³-hybridized carbons (Fsp3) is 0.500. The summed E-state index contributed by atoms with van der Waals surface area (Å²) in [7, 11) is 0. The van der Waals surface area contributed by atoms with E-state index in [1.807, 2.05) is 20.8 Å². The summed E-state index contributed by atoms with van der Waals surface area (Å²) in [4.78, 5) is 11.6. The quantitative estimate of drug-likeness (QED) is 0.843. The van der Waals surface area contributed by atoms with Crippen LogP contribution in [-0.2, 0) is 11.3 Å². The number of benzene rings is 1. The second-order valence-electron chi connectivity index (χ2n) is 5.37. The fourth-order valence-electron chi connectivity index (χ4n) is 1.46. The molecule has 0 bridgehead atoms. The first-order chi connectivity index (χ1) is 9.28. The van der Waals surface area contributed by atoms with Gasteiger partial charge in [-0.05, 0) is 26.8 Å². The molecule has 0 radical (unpaired) electrons. The van der Waals surface area contributed by atoms with Crippen LogP contribution in [-0.4, -0.2) is 24.6 Å². The molecule has 0 aliphatic heterocycles. The maximum atomic E-state index is 12.2. The monoisotopic (exact) mass is 286 g/mol. The molecule has 0 heterocycles. The third-order valence-corrected chi connectivity index (χ3v) is 2.44. The molecule has 1 amide bonds. The molecule has 1 aromatic rings. The Balaban J connectivity index is 2.51. The lowest BCUT2D eigenvalue weighted by Crippen LogP contribution is -2.43. The smallest absolute Gasteiger partial charge is 0.387 e. The second-order valence-corrected chi connectivity index (χ2v) is 5.37. The van der Waals surface area contributed by atoms with Gasteiger partial charge in [0.25, 0.3) is 0 Å². The highest BCUT2D eigenvalue weighted by Gasteiger charge is 2.12. The maximum absolute atomic E-state index is 12.2. The predicted molar refractivity (Wildman–Crippen MR) is 72.7 cm³/mol. The lowest BCUT2D eigenvalue weighted by atomic mass is 10.1. The van der Waals surface area contributed by atoms with E-state index in [2.05, 4.69) is 15.4 Å². The Kier molecular flexibility index (Phi) is 5.88. The molecular formula is C14H20F2N2O2. The molecule has 2 N–H and O–H groups in total. The van der Waals surface area contributed by atoms with Crippen molar-refractivity contribution in [2.75, 3.05) is 6.54 Å². The van der Waals surface area contributed by atoms with Crippen molar-refractivity contribution in [3.8, 4) is 5.75 Å². The van der Waals surface area contributed by atoms with Crippen molar-refractivity contribution < 1.29 is 18.3 Å². The Morgan fingerprint density at radius 3 is 2.55 bits per heavy atom. The van der Waals surface area contributed by atoms with E-state index in [0.717, 1.165) is 0 Å². The number of para-hydroxylation sites is 1. The van der Waals surface area contributed by atoms with Crippen molar-refractivity contribution in [1.29, 1.82) is 0 Å². The molecule has 4 nitrogen and oxygen atoms in total. The Hall–Kier alpha value is -1.69. The number of carbonyl (C=O) groups is 1. The number of ether oxygens (including phenoxy) is 1. The first-order valence-corrected chi connectivity index (χ1v) is 6.32. The molecule has 0 fully saturated rings. The molecule has 6 heteroatoms. The van der Waals surface area contributed by atoms with E-state index >= 15 is 0 Å². The van der Waals surface area contributed by atoms with E-state index in [9.17, 15) is 13.6 Å². The van der Waals surface area contributed by atoms with Gasteiger partial charge in [-0.3, -0.25) is 4.79 Å². The SMILES string of the molecule is CC(C)(C)NCC(=O)NCc1ccccc1OC(F)F. The van der Waals surface area contributed by atoms with Crippen molar-refractivity contribution in [1.82, 2.24) is 10.6 Å². The highest BCUT2D eigenvalue weighted by atomic mass is 19.3. The summed E-state index contributed by atoms with van der Waals surface area (Å²) in [6.45, 7) is 3.29. The summed E-state index contributed by atoms with van der Waals surface area (Å²) in [6.07, 6.45) is 0. The minimum Gasteiger partial charge on any atom is -0.434 e. The van der Waals surface area contributed by atoms with Crippen LogP contribution < -0.4 is 15.4 Å². The zero-order valence-electron chi connectivity index (χ0n) is 11.9. The van der Waals surface area contributed by atoms with E-state index in [4.69, 9.17) is 0 Å². The minimum absolute atomic E-state index is 0.0755. The van der Waals surface area contributed by atoms with Gasteiger partial charge in [-0.2, -0.15) is 8.78 Å². The molecule has 0 aliphatic rings. The van der Waals surface area contributed by atoms with Crippen molar-refractivity contribution in [2.24, 2.45) is 0 Å². The average Bonchev–Trinajstić information content (AvgIpc) is 2.34. The number of alkyl halides is 2. The summed E-state index contributed by atoms with van der Waals surface area (Å²) in [5, 5.41) is 5.70. The van der Waals surface area contributed by atoms with Gasteiger partial charge >= 0.3 is 6.61 Å². The molecule has 0 saturated carbocycles. The summed E-state index contributed by atoms with van der Waals surface area (Å²) in [5.41, 5.74) is 0.352. The summed E-state index contributed by atoms with van der Waals surface area (Å²) in [6, 6.07) is 6.38. The van der Waals surface area contributed by atoms with E-state index < -0.39 is 6.61 Å².